The molecule has 1 amide bonds. The lowest BCUT2D eigenvalue weighted by Crippen LogP contribution is -2.44. The number of primary amides is 1. The highest BCUT2D eigenvalue weighted by molar-refractivity contribution is 5.85. The van der Waals surface area contributed by atoms with E-state index in [2.05, 4.69) is 6.92 Å². The number of esters is 1. The molecular weight excluding hydrogens is 258 g/mol. The lowest BCUT2D eigenvalue weighted by atomic mass is 9.71. The van der Waals surface area contributed by atoms with Crippen LogP contribution in [-0.2, 0) is 19.1 Å². The SMILES string of the molecule is C[C@@H]1C[C@@H]([C@H]2C[C@@H](CC(N)=O)CC(=O)O2)C(=O)[C@@H](C)C1. The highest BCUT2D eigenvalue weighted by Crippen LogP contribution is 2.37. The molecule has 5 nitrogen and oxygen atoms in total. The lowest BCUT2D eigenvalue weighted by Gasteiger charge is -2.38. The van der Waals surface area contributed by atoms with Gasteiger partial charge in [0.25, 0.3) is 0 Å². The van der Waals surface area contributed by atoms with Crippen molar-refractivity contribution in [3.63, 3.8) is 0 Å². The second-order valence-corrected chi connectivity index (χ2v) is 6.49. The molecule has 0 unspecified atom stereocenters. The number of nitrogens with two attached hydrogens (primary N) is 1. The fourth-order valence-corrected chi connectivity index (χ4v) is 3.67. The summed E-state index contributed by atoms with van der Waals surface area (Å²) in [6.07, 6.45) is 2.29. The molecule has 20 heavy (non-hydrogen) atoms. The van der Waals surface area contributed by atoms with E-state index in [1.807, 2.05) is 6.92 Å². The number of carbonyl (C=O) groups excluding carboxylic acids is 3. The Kier molecular flexibility index (Phi) is 4.45. The highest BCUT2D eigenvalue weighted by atomic mass is 16.5. The molecule has 1 saturated heterocycles. The Morgan fingerprint density at radius 1 is 1.25 bits per heavy atom. The number of hydrogen-bond donors (Lipinski definition) is 1. The first-order valence-electron chi connectivity index (χ1n) is 7.38. The fourth-order valence-electron chi connectivity index (χ4n) is 3.67. The van der Waals surface area contributed by atoms with Gasteiger partial charge < -0.3 is 10.5 Å². The van der Waals surface area contributed by atoms with Gasteiger partial charge in [0, 0.05) is 18.8 Å². The first kappa shape index (κ1) is 15.0. The van der Waals surface area contributed by atoms with Gasteiger partial charge in [0.1, 0.15) is 11.9 Å². The number of cyclic esters (lactones) is 1. The van der Waals surface area contributed by atoms with E-state index in [4.69, 9.17) is 10.5 Å². The molecule has 0 aromatic heterocycles. The van der Waals surface area contributed by atoms with E-state index in [-0.39, 0.29) is 48.5 Å². The molecule has 0 bridgehead atoms. The van der Waals surface area contributed by atoms with E-state index in [0.717, 1.165) is 12.8 Å². The molecule has 0 aromatic carbocycles. The van der Waals surface area contributed by atoms with Gasteiger partial charge in [-0.25, -0.2) is 0 Å². The number of rotatable bonds is 3. The van der Waals surface area contributed by atoms with Gasteiger partial charge in [-0.15, -0.1) is 0 Å². The molecule has 2 aliphatic rings. The third-order valence-corrected chi connectivity index (χ3v) is 4.51. The summed E-state index contributed by atoms with van der Waals surface area (Å²) in [6, 6.07) is 0. The zero-order valence-electron chi connectivity index (χ0n) is 12.1. The van der Waals surface area contributed by atoms with E-state index in [9.17, 15) is 14.4 Å². The number of ketones is 1. The van der Waals surface area contributed by atoms with Crippen LogP contribution >= 0.6 is 0 Å². The van der Waals surface area contributed by atoms with Crippen molar-refractivity contribution in [1.82, 2.24) is 0 Å². The molecule has 1 saturated carbocycles. The summed E-state index contributed by atoms with van der Waals surface area (Å²) in [7, 11) is 0. The van der Waals surface area contributed by atoms with Crippen molar-refractivity contribution in [2.45, 2.75) is 52.1 Å². The van der Waals surface area contributed by atoms with Gasteiger partial charge in [-0.05, 0) is 31.1 Å². The Morgan fingerprint density at radius 2 is 1.95 bits per heavy atom. The monoisotopic (exact) mass is 281 g/mol. The zero-order valence-corrected chi connectivity index (χ0v) is 12.1. The van der Waals surface area contributed by atoms with Crippen LogP contribution in [0, 0.1) is 23.7 Å². The van der Waals surface area contributed by atoms with Crippen molar-refractivity contribution in [3.05, 3.63) is 0 Å². The molecular formula is C15H23NO4. The van der Waals surface area contributed by atoms with E-state index in [0.29, 0.717) is 12.3 Å². The number of amides is 1. The van der Waals surface area contributed by atoms with Crippen LogP contribution in [0.5, 0.6) is 0 Å². The zero-order chi connectivity index (χ0) is 14.9. The summed E-state index contributed by atoms with van der Waals surface area (Å²) >= 11 is 0. The van der Waals surface area contributed by atoms with Crippen molar-refractivity contribution in [2.24, 2.45) is 29.4 Å². The van der Waals surface area contributed by atoms with Gasteiger partial charge in [0.05, 0.1) is 5.92 Å². The van der Waals surface area contributed by atoms with Crippen LogP contribution in [-0.4, -0.2) is 23.8 Å². The quantitative estimate of drug-likeness (QED) is 0.793. The molecule has 5 heteroatoms. The first-order valence-corrected chi connectivity index (χ1v) is 7.38. The van der Waals surface area contributed by atoms with E-state index >= 15 is 0 Å². The lowest BCUT2D eigenvalue weighted by molar-refractivity contribution is -0.164. The van der Waals surface area contributed by atoms with Crippen molar-refractivity contribution in [3.8, 4) is 0 Å². The first-order chi connectivity index (χ1) is 9.36. The summed E-state index contributed by atoms with van der Waals surface area (Å²) in [5.74, 6) is -0.332. The minimum atomic E-state index is -0.403. The minimum Gasteiger partial charge on any atom is -0.462 e. The number of carbonyl (C=O) groups is 3. The molecule has 0 spiro atoms. The van der Waals surface area contributed by atoms with Crippen LogP contribution in [0.15, 0.2) is 0 Å². The summed E-state index contributed by atoms with van der Waals surface area (Å²) in [6.45, 7) is 4.07. The molecule has 112 valence electrons. The van der Waals surface area contributed by atoms with Crippen molar-refractivity contribution in [1.29, 1.82) is 0 Å². The normalized spacial score (nSPS) is 38.4. The minimum absolute atomic E-state index is 0.0268. The summed E-state index contributed by atoms with van der Waals surface area (Å²) in [4.78, 5) is 35.0. The number of hydrogen-bond acceptors (Lipinski definition) is 4. The molecule has 2 N–H and O–H groups in total. The van der Waals surface area contributed by atoms with Gasteiger partial charge in [0.2, 0.25) is 5.91 Å². The second-order valence-electron chi connectivity index (χ2n) is 6.49. The summed E-state index contributed by atoms with van der Waals surface area (Å²) < 4.78 is 5.39. The predicted octanol–water partition coefficient (Wildman–Crippen LogP) is 1.43. The van der Waals surface area contributed by atoms with E-state index in [1.54, 1.807) is 0 Å². The van der Waals surface area contributed by atoms with Crippen molar-refractivity contribution < 1.29 is 19.1 Å². The van der Waals surface area contributed by atoms with Crippen LogP contribution < -0.4 is 5.73 Å². The van der Waals surface area contributed by atoms with Crippen LogP contribution in [0.4, 0.5) is 0 Å². The summed E-state index contributed by atoms with van der Waals surface area (Å²) in [5.41, 5.74) is 5.21. The van der Waals surface area contributed by atoms with Crippen molar-refractivity contribution >= 4 is 17.7 Å². The topological polar surface area (TPSA) is 86.5 Å². The molecule has 1 aliphatic heterocycles. The van der Waals surface area contributed by atoms with Crippen molar-refractivity contribution in [2.75, 3.05) is 0 Å². The third-order valence-electron chi connectivity index (χ3n) is 4.51. The maximum absolute atomic E-state index is 12.3. The second kappa shape index (κ2) is 5.94. The molecule has 0 radical (unpaired) electrons. The van der Waals surface area contributed by atoms with Crippen LogP contribution in [0.2, 0.25) is 0 Å². The maximum atomic E-state index is 12.3. The Bertz CT molecular complexity index is 418. The van der Waals surface area contributed by atoms with Gasteiger partial charge in [-0.1, -0.05) is 13.8 Å². The molecule has 2 fully saturated rings. The van der Waals surface area contributed by atoms with E-state index < -0.39 is 5.91 Å². The largest absolute Gasteiger partial charge is 0.462 e. The highest BCUT2D eigenvalue weighted by Gasteiger charge is 2.42. The van der Waals surface area contributed by atoms with Gasteiger partial charge in [0.15, 0.2) is 0 Å². The smallest absolute Gasteiger partial charge is 0.306 e. The number of Topliss-reactive ketones (excluding diaryl/α,β-unsaturated/α-hetero) is 1. The predicted molar refractivity (Wildman–Crippen MR) is 72.5 cm³/mol. The Morgan fingerprint density at radius 3 is 2.60 bits per heavy atom. The van der Waals surface area contributed by atoms with Gasteiger partial charge >= 0.3 is 5.97 Å². The Labute approximate surface area is 119 Å². The van der Waals surface area contributed by atoms with E-state index in [1.165, 1.54) is 0 Å². The third kappa shape index (κ3) is 3.38. The molecule has 1 aliphatic carbocycles. The summed E-state index contributed by atoms with van der Waals surface area (Å²) in [5, 5.41) is 0. The standard InChI is InChI=1S/C15H23NO4/c1-8-3-9(2)15(19)11(4-8)12-5-10(6-13(16)17)7-14(18)20-12/h8-12H,3-7H2,1-2H3,(H2,16,17)/t8-,9-,10-,11-,12+/m0/s1. The molecule has 2 rings (SSSR count). The Hall–Kier alpha value is -1.39. The molecule has 1 heterocycles. The van der Waals surface area contributed by atoms with Gasteiger partial charge in [-0.2, -0.15) is 0 Å². The van der Waals surface area contributed by atoms with Crippen LogP contribution in [0.3, 0.4) is 0 Å². The van der Waals surface area contributed by atoms with Crippen LogP contribution in [0.25, 0.3) is 0 Å². The van der Waals surface area contributed by atoms with Crippen LogP contribution in [0.1, 0.15) is 46.0 Å². The molecule has 0 aromatic rings. The average Bonchev–Trinajstić information content (AvgIpc) is 2.32. The fraction of sp³-hybridized carbons (Fsp3) is 0.800. The number of ether oxygens (including phenoxy) is 1. The Balaban J connectivity index is 2.08. The molecule has 5 atom stereocenters. The average molecular weight is 281 g/mol. The van der Waals surface area contributed by atoms with Gasteiger partial charge in [-0.3, -0.25) is 14.4 Å². The maximum Gasteiger partial charge on any atom is 0.306 e.